The minimum atomic E-state index is -3.44. The Bertz CT molecular complexity index is 499. The van der Waals surface area contributed by atoms with Crippen molar-refractivity contribution in [3.63, 3.8) is 0 Å². The molecule has 1 aromatic rings. The standard InChI is InChI=1S/C12H17NO3S.C2H6/c1-10-4-2-6-12(8-10)17(15,16)13-7-3-5-11(14)9-13;1-2/h2,4,6,8,11,14H,3,5,7,9H2,1H3;1-2H3. The molecule has 0 aromatic heterocycles. The van der Waals surface area contributed by atoms with Gasteiger partial charge in [-0.15, -0.1) is 0 Å². The summed E-state index contributed by atoms with van der Waals surface area (Å²) in [5, 5.41) is 9.54. The summed E-state index contributed by atoms with van der Waals surface area (Å²) in [6.07, 6.45) is 0.856. The molecule has 0 aliphatic carbocycles. The zero-order chi connectivity index (χ0) is 14.5. The van der Waals surface area contributed by atoms with E-state index >= 15 is 0 Å². The summed E-state index contributed by atoms with van der Waals surface area (Å²) in [7, 11) is -3.44. The number of aryl methyl sites for hydroxylation is 1. The van der Waals surface area contributed by atoms with Gasteiger partial charge in [-0.25, -0.2) is 8.42 Å². The number of β-amino-alcohol motifs (C(OH)–C–C–N with tert-alkyl or cyclic N) is 1. The molecule has 1 aliphatic heterocycles. The monoisotopic (exact) mass is 285 g/mol. The van der Waals surface area contributed by atoms with Crippen LogP contribution in [-0.4, -0.2) is 37.0 Å². The van der Waals surface area contributed by atoms with E-state index in [9.17, 15) is 13.5 Å². The minimum absolute atomic E-state index is 0.205. The first-order chi connectivity index (χ1) is 9.00. The fourth-order valence-corrected chi connectivity index (χ4v) is 3.69. The fraction of sp³-hybridized carbons (Fsp3) is 0.571. The lowest BCUT2D eigenvalue weighted by atomic mass is 10.1. The number of aliphatic hydroxyl groups excluding tert-OH is 1. The van der Waals surface area contributed by atoms with Gasteiger partial charge >= 0.3 is 0 Å². The quantitative estimate of drug-likeness (QED) is 0.906. The maximum atomic E-state index is 12.3. The third-order valence-corrected chi connectivity index (χ3v) is 4.85. The van der Waals surface area contributed by atoms with Crippen LogP contribution in [0.15, 0.2) is 29.2 Å². The van der Waals surface area contributed by atoms with Gasteiger partial charge in [-0.3, -0.25) is 0 Å². The van der Waals surface area contributed by atoms with Gasteiger partial charge in [0.05, 0.1) is 11.0 Å². The first-order valence-corrected chi connectivity index (χ1v) is 8.19. The highest BCUT2D eigenvalue weighted by Gasteiger charge is 2.29. The summed E-state index contributed by atoms with van der Waals surface area (Å²) in [4.78, 5) is 0.312. The Hall–Kier alpha value is -0.910. The maximum Gasteiger partial charge on any atom is 0.243 e. The van der Waals surface area contributed by atoms with E-state index in [1.165, 1.54) is 4.31 Å². The topological polar surface area (TPSA) is 57.6 Å². The summed E-state index contributed by atoms with van der Waals surface area (Å²) >= 11 is 0. The second-order valence-electron chi connectivity index (χ2n) is 4.48. The van der Waals surface area contributed by atoms with Gasteiger partial charge in [0.15, 0.2) is 0 Å². The molecule has 1 fully saturated rings. The molecule has 4 nitrogen and oxygen atoms in total. The molecule has 2 rings (SSSR count). The SMILES string of the molecule is CC.Cc1cccc(S(=O)(=O)N2CCCC(O)C2)c1. The minimum Gasteiger partial charge on any atom is -0.392 e. The molecule has 1 heterocycles. The van der Waals surface area contributed by atoms with Crippen LogP contribution >= 0.6 is 0 Å². The van der Waals surface area contributed by atoms with Gasteiger partial charge < -0.3 is 5.11 Å². The number of benzene rings is 1. The summed E-state index contributed by atoms with van der Waals surface area (Å²) < 4.78 is 26.0. The first-order valence-electron chi connectivity index (χ1n) is 6.75. The molecular weight excluding hydrogens is 262 g/mol. The maximum absolute atomic E-state index is 12.3. The van der Waals surface area contributed by atoms with Crippen molar-refractivity contribution in [1.82, 2.24) is 4.31 Å². The van der Waals surface area contributed by atoms with Crippen LogP contribution in [0.25, 0.3) is 0 Å². The Morgan fingerprint density at radius 1 is 1.32 bits per heavy atom. The van der Waals surface area contributed by atoms with E-state index in [0.29, 0.717) is 24.3 Å². The molecule has 5 heteroatoms. The molecule has 0 saturated carbocycles. The van der Waals surface area contributed by atoms with Crippen molar-refractivity contribution in [2.75, 3.05) is 13.1 Å². The second kappa shape index (κ2) is 7.03. The molecule has 108 valence electrons. The average molecular weight is 285 g/mol. The predicted molar refractivity (Wildman–Crippen MR) is 76.5 cm³/mol. The van der Waals surface area contributed by atoms with Crippen molar-refractivity contribution in [3.8, 4) is 0 Å². The number of hydrogen-bond acceptors (Lipinski definition) is 3. The molecule has 0 bridgehead atoms. The highest BCUT2D eigenvalue weighted by molar-refractivity contribution is 7.89. The molecule has 0 amide bonds. The molecule has 0 radical (unpaired) electrons. The predicted octanol–water partition coefficient (Wildman–Crippen LogP) is 2.17. The number of rotatable bonds is 2. The highest BCUT2D eigenvalue weighted by atomic mass is 32.2. The van der Waals surface area contributed by atoms with Crippen molar-refractivity contribution >= 4 is 10.0 Å². The lowest BCUT2D eigenvalue weighted by molar-refractivity contribution is 0.108. The zero-order valence-electron chi connectivity index (χ0n) is 11.8. The third kappa shape index (κ3) is 4.03. The van der Waals surface area contributed by atoms with Crippen LogP contribution in [0.4, 0.5) is 0 Å². The molecule has 1 atom stereocenters. The normalized spacial score (nSPS) is 20.5. The molecule has 1 aromatic carbocycles. The van der Waals surface area contributed by atoms with Crippen molar-refractivity contribution < 1.29 is 13.5 Å². The zero-order valence-corrected chi connectivity index (χ0v) is 12.7. The summed E-state index contributed by atoms with van der Waals surface area (Å²) in [6, 6.07) is 6.87. The molecular formula is C14H23NO3S. The Morgan fingerprint density at radius 2 is 2.00 bits per heavy atom. The molecule has 1 N–H and O–H groups in total. The van der Waals surface area contributed by atoms with Gasteiger partial charge in [0.1, 0.15) is 0 Å². The van der Waals surface area contributed by atoms with Crippen molar-refractivity contribution in [2.24, 2.45) is 0 Å². The molecule has 1 unspecified atom stereocenters. The lowest BCUT2D eigenvalue weighted by Gasteiger charge is -2.29. The number of sulfonamides is 1. The Balaban J connectivity index is 0.000000861. The summed E-state index contributed by atoms with van der Waals surface area (Å²) in [6.45, 7) is 6.56. The second-order valence-corrected chi connectivity index (χ2v) is 6.41. The Morgan fingerprint density at radius 3 is 2.58 bits per heavy atom. The molecule has 19 heavy (non-hydrogen) atoms. The molecule has 1 aliphatic rings. The largest absolute Gasteiger partial charge is 0.392 e. The van der Waals surface area contributed by atoms with Gasteiger partial charge in [-0.05, 0) is 37.5 Å². The van der Waals surface area contributed by atoms with E-state index in [0.717, 1.165) is 5.56 Å². The fourth-order valence-electron chi connectivity index (χ4n) is 2.06. The van der Waals surface area contributed by atoms with Crippen LogP contribution in [0.5, 0.6) is 0 Å². The van der Waals surface area contributed by atoms with E-state index in [1.54, 1.807) is 18.2 Å². The van der Waals surface area contributed by atoms with E-state index < -0.39 is 16.1 Å². The van der Waals surface area contributed by atoms with E-state index in [4.69, 9.17) is 0 Å². The Kier molecular flexibility index (Phi) is 5.97. The third-order valence-electron chi connectivity index (χ3n) is 2.99. The van der Waals surface area contributed by atoms with Crippen LogP contribution < -0.4 is 0 Å². The average Bonchev–Trinajstić information content (AvgIpc) is 2.41. The van der Waals surface area contributed by atoms with Crippen LogP contribution in [0.2, 0.25) is 0 Å². The van der Waals surface area contributed by atoms with E-state index in [2.05, 4.69) is 0 Å². The Labute approximate surface area is 116 Å². The number of nitrogens with zero attached hydrogens (tertiary/aromatic N) is 1. The van der Waals surface area contributed by atoms with Crippen molar-refractivity contribution in [2.45, 2.75) is 44.6 Å². The first kappa shape index (κ1) is 16.1. The van der Waals surface area contributed by atoms with Gasteiger partial charge in [0.25, 0.3) is 0 Å². The summed E-state index contributed by atoms with van der Waals surface area (Å²) in [5.74, 6) is 0. The summed E-state index contributed by atoms with van der Waals surface area (Å²) in [5.41, 5.74) is 0.920. The van der Waals surface area contributed by atoms with Crippen LogP contribution in [0.3, 0.4) is 0 Å². The van der Waals surface area contributed by atoms with E-state index in [1.807, 2.05) is 26.8 Å². The van der Waals surface area contributed by atoms with Crippen LogP contribution in [0.1, 0.15) is 32.3 Å². The number of aliphatic hydroxyl groups is 1. The molecule has 0 spiro atoms. The van der Waals surface area contributed by atoms with Crippen molar-refractivity contribution in [1.29, 1.82) is 0 Å². The number of hydrogen-bond donors (Lipinski definition) is 1. The highest BCUT2D eigenvalue weighted by Crippen LogP contribution is 2.21. The van der Waals surface area contributed by atoms with Gasteiger partial charge in [0.2, 0.25) is 10.0 Å². The van der Waals surface area contributed by atoms with Crippen LogP contribution in [-0.2, 0) is 10.0 Å². The molecule has 1 saturated heterocycles. The van der Waals surface area contributed by atoms with Crippen molar-refractivity contribution in [3.05, 3.63) is 29.8 Å². The van der Waals surface area contributed by atoms with E-state index in [-0.39, 0.29) is 6.54 Å². The number of piperidine rings is 1. The smallest absolute Gasteiger partial charge is 0.243 e. The van der Waals surface area contributed by atoms with Gasteiger partial charge in [0, 0.05) is 13.1 Å². The van der Waals surface area contributed by atoms with Gasteiger partial charge in [-0.2, -0.15) is 4.31 Å². The lowest BCUT2D eigenvalue weighted by Crippen LogP contribution is -2.42. The van der Waals surface area contributed by atoms with Gasteiger partial charge in [-0.1, -0.05) is 26.0 Å². The van der Waals surface area contributed by atoms with Crippen LogP contribution in [0, 0.1) is 6.92 Å².